The highest BCUT2D eigenvalue weighted by atomic mass is 32.2. The highest BCUT2D eigenvalue weighted by molar-refractivity contribution is 7.92. The largest absolute Gasteiger partial charge is 0.497 e. The Labute approximate surface area is 225 Å². The molecule has 0 spiro atoms. The molecule has 0 aliphatic rings. The normalized spacial score (nSPS) is 11.9. The number of carbonyl (C=O) groups is 2. The summed E-state index contributed by atoms with van der Waals surface area (Å²) in [5.41, 5.74) is 2.80. The molecule has 38 heavy (non-hydrogen) atoms. The van der Waals surface area contributed by atoms with Crippen LogP contribution in [-0.4, -0.2) is 51.4 Å². The molecule has 0 unspecified atom stereocenters. The number of nitrogens with one attached hydrogen (secondary N) is 1. The van der Waals surface area contributed by atoms with Gasteiger partial charge in [0.1, 0.15) is 18.3 Å². The van der Waals surface area contributed by atoms with Crippen molar-refractivity contribution >= 4 is 27.5 Å². The molecule has 0 aliphatic heterocycles. The Balaban J connectivity index is 2.07. The number of aryl methyl sites for hydroxylation is 1. The summed E-state index contributed by atoms with van der Waals surface area (Å²) in [4.78, 5) is 28.2. The van der Waals surface area contributed by atoms with Crippen LogP contribution in [0.1, 0.15) is 30.5 Å². The van der Waals surface area contributed by atoms with Gasteiger partial charge < -0.3 is 15.0 Å². The maximum Gasteiger partial charge on any atom is 0.264 e. The molecular formula is C29H35N3O5S. The number of sulfonamides is 1. The Morgan fingerprint density at radius 3 is 2.32 bits per heavy atom. The summed E-state index contributed by atoms with van der Waals surface area (Å²) in [6.07, 6.45) is 0. The van der Waals surface area contributed by atoms with Gasteiger partial charge in [0.25, 0.3) is 10.0 Å². The van der Waals surface area contributed by atoms with Crippen LogP contribution >= 0.6 is 0 Å². The van der Waals surface area contributed by atoms with Crippen molar-refractivity contribution in [3.05, 3.63) is 89.5 Å². The summed E-state index contributed by atoms with van der Waals surface area (Å²) in [6.45, 7) is 7.18. The molecule has 0 fully saturated rings. The average molecular weight is 538 g/mol. The molecule has 0 heterocycles. The zero-order valence-corrected chi connectivity index (χ0v) is 23.3. The fraction of sp³-hybridized carbons (Fsp3) is 0.310. The molecule has 0 aliphatic carbocycles. The van der Waals surface area contributed by atoms with E-state index in [-0.39, 0.29) is 17.3 Å². The van der Waals surface area contributed by atoms with Gasteiger partial charge >= 0.3 is 0 Å². The third-order valence-electron chi connectivity index (χ3n) is 6.46. The number of rotatable bonds is 11. The van der Waals surface area contributed by atoms with Crippen LogP contribution in [0.3, 0.4) is 0 Å². The van der Waals surface area contributed by atoms with Gasteiger partial charge in [0.2, 0.25) is 11.8 Å². The third kappa shape index (κ3) is 6.52. The first-order chi connectivity index (χ1) is 18.1. The smallest absolute Gasteiger partial charge is 0.264 e. The Bertz CT molecular complexity index is 1380. The monoisotopic (exact) mass is 537 g/mol. The molecule has 0 aromatic heterocycles. The van der Waals surface area contributed by atoms with Gasteiger partial charge in [-0.05, 0) is 74.7 Å². The first-order valence-electron chi connectivity index (χ1n) is 12.4. The SMILES string of the molecule is CCNC(=O)[C@@H](C)N(Cc1cccc(OC)c1)C(=O)CN(c1cccc(C)c1C)S(=O)(=O)c1ccccc1. The summed E-state index contributed by atoms with van der Waals surface area (Å²) < 4.78 is 34.2. The van der Waals surface area contributed by atoms with Gasteiger partial charge in [-0.25, -0.2) is 8.42 Å². The second-order valence-electron chi connectivity index (χ2n) is 8.99. The van der Waals surface area contributed by atoms with Crippen molar-refractivity contribution in [1.82, 2.24) is 10.2 Å². The average Bonchev–Trinajstić information content (AvgIpc) is 2.92. The molecule has 3 aromatic carbocycles. The lowest BCUT2D eigenvalue weighted by Crippen LogP contribution is -2.51. The lowest BCUT2D eigenvalue weighted by Gasteiger charge is -2.32. The second kappa shape index (κ2) is 12.6. The van der Waals surface area contributed by atoms with Crippen LogP contribution in [-0.2, 0) is 26.2 Å². The molecule has 0 saturated carbocycles. The third-order valence-corrected chi connectivity index (χ3v) is 8.23. The molecule has 8 nitrogen and oxygen atoms in total. The van der Waals surface area contributed by atoms with E-state index in [1.54, 1.807) is 69.5 Å². The Morgan fingerprint density at radius 1 is 0.974 bits per heavy atom. The first-order valence-corrected chi connectivity index (χ1v) is 13.9. The molecule has 0 saturated heterocycles. The molecule has 1 atom stereocenters. The first kappa shape index (κ1) is 28.7. The van der Waals surface area contributed by atoms with Gasteiger partial charge in [-0.15, -0.1) is 0 Å². The van der Waals surface area contributed by atoms with E-state index in [9.17, 15) is 18.0 Å². The number of amides is 2. The van der Waals surface area contributed by atoms with Crippen LogP contribution in [0.2, 0.25) is 0 Å². The molecule has 9 heteroatoms. The van der Waals surface area contributed by atoms with Crippen molar-refractivity contribution in [2.45, 2.75) is 45.2 Å². The van der Waals surface area contributed by atoms with E-state index in [2.05, 4.69) is 5.32 Å². The van der Waals surface area contributed by atoms with Crippen molar-refractivity contribution in [3.63, 3.8) is 0 Å². The lowest BCUT2D eigenvalue weighted by atomic mass is 10.1. The van der Waals surface area contributed by atoms with Gasteiger partial charge in [-0.1, -0.05) is 42.5 Å². The predicted molar refractivity (Wildman–Crippen MR) is 149 cm³/mol. The van der Waals surface area contributed by atoms with Crippen LogP contribution in [0.25, 0.3) is 0 Å². The summed E-state index contributed by atoms with van der Waals surface area (Å²) in [7, 11) is -2.54. The Kier molecular flexibility index (Phi) is 9.52. The molecule has 202 valence electrons. The molecule has 1 N–H and O–H groups in total. The fourth-order valence-corrected chi connectivity index (χ4v) is 5.60. The van der Waals surface area contributed by atoms with Crippen LogP contribution in [0.5, 0.6) is 5.75 Å². The summed E-state index contributed by atoms with van der Waals surface area (Å²) in [5, 5.41) is 2.76. The quantitative estimate of drug-likeness (QED) is 0.398. The number of anilines is 1. The summed E-state index contributed by atoms with van der Waals surface area (Å²) in [5.74, 6) is -0.218. The minimum Gasteiger partial charge on any atom is -0.497 e. The minimum atomic E-state index is -4.10. The molecule has 0 radical (unpaired) electrons. The zero-order chi connectivity index (χ0) is 27.9. The van der Waals surface area contributed by atoms with Crippen LogP contribution in [0.15, 0.2) is 77.7 Å². The van der Waals surface area contributed by atoms with Crippen molar-refractivity contribution in [2.75, 3.05) is 24.5 Å². The topological polar surface area (TPSA) is 96.0 Å². The van der Waals surface area contributed by atoms with E-state index in [0.29, 0.717) is 18.0 Å². The van der Waals surface area contributed by atoms with E-state index in [0.717, 1.165) is 21.0 Å². The van der Waals surface area contributed by atoms with Gasteiger partial charge in [0.15, 0.2) is 0 Å². The van der Waals surface area contributed by atoms with E-state index in [4.69, 9.17) is 4.74 Å². The molecular weight excluding hydrogens is 502 g/mol. The van der Waals surface area contributed by atoms with E-state index in [1.165, 1.54) is 17.0 Å². The van der Waals surface area contributed by atoms with Crippen LogP contribution in [0.4, 0.5) is 5.69 Å². The van der Waals surface area contributed by atoms with E-state index in [1.807, 2.05) is 26.0 Å². The maximum absolute atomic E-state index is 13.9. The fourth-order valence-electron chi connectivity index (χ4n) is 4.11. The number of hydrogen-bond donors (Lipinski definition) is 1. The van der Waals surface area contributed by atoms with Gasteiger partial charge in [0.05, 0.1) is 17.7 Å². The number of nitrogens with zero attached hydrogens (tertiary/aromatic N) is 2. The van der Waals surface area contributed by atoms with Gasteiger partial charge in [-0.3, -0.25) is 13.9 Å². The number of carbonyl (C=O) groups excluding carboxylic acids is 2. The molecule has 3 aromatic rings. The van der Waals surface area contributed by atoms with Crippen molar-refractivity contribution < 1.29 is 22.7 Å². The maximum atomic E-state index is 13.9. The highest BCUT2D eigenvalue weighted by Gasteiger charge is 2.33. The molecule has 0 bridgehead atoms. The van der Waals surface area contributed by atoms with Crippen molar-refractivity contribution in [2.24, 2.45) is 0 Å². The van der Waals surface area contributed by atoms with E-state index < -0.39 is 28.5 Å². The predicted octanol–water partition coefficient (Wildman–Crippen LogP) is 4.06. The number of hydrogen-bond acceptors (Lipinski definition) is 5. The van der Waals surface area contributed by atoms with Crippen LogP contribution in [0, 0.1) is 13.8 Å². The number of methoxy groups -OCH3 is 1. The van der Waals surface area contributed by atoms with E-state index >= 15 is 0 Å². The standard InChI is InChI=1S/C29H35N3O5S/c1-6-30-29(34)23(4)31(19-24-13-11-14-25(18-24)37-5)28(33)20-32(27-17-10-12-21(2)22(27)3)38(35,36)26-15-8-7-9-16-26/h7-18,23H,6,19-20H2,1-5H3,(H,30,34)/t23-/m1/s1. The second-order valence-corrected chi connectivity index (χ2v) is 10.8. The Morgan fingerprint density at radius 2 is 1.66 bits per heavy atom. The molecule has 2 amide bonds. The van der Waals surface area contributed by atoms with Crippen molar-refractivity contribution in [1.29, 1.82) is 0 Å². The van der Waals surface area contributed by atoms with Gasteiger partial charge in [-0.2, -0.15) is 0 Å². The number of likely N-dealkylation sites (N-methyl/N-ethyl adjacent to an activating group) is 1. The summed E-state index contributed by atoms with van der Waals surface area (Å²) >= 11 is 0. The van der Waals surface area contributed by atoms with Crippen molar-refractivity contribution in [3.8, 4) is 5.75 Å². The Hall–Kier alpha value is -3.85. The zero-order valence-electron chi connectivity index (χ0n) is 22.5. The summed E-state index contributed by atoms with van der Waals surface area (Å²) in [6, 6.07) is 19.7. The minimum absolute atomic E-state index is 0.0739. The molecule has 3 rings (SSSR count). The lowest BCUT2D eigenvalue weighted by molar-refractivity contribution is -0.139. The number of ether oxygens (including phenoxy) is 1. The number of benzene rings is 3. The van der Waals surface area contributed by atoms with Gasteiger partial charge in [0, 0.05) is 13.1 Å². The van der Waals surface area contributed by atoms with Crippen LogP contribution < -0.4 is 14.4 Å². The highest BCUT2D eigenvalue weighted by Crippen LogP contribution is 2.29.